The number of nitrogens with zero attached hydrogens (tertiary/aromatic N) is 1. The van der Waals surface area contributed by atoms with E-state index in [2.05, 4.69) is 5.32 Å². The molecule has 1 aromatic carbocycles. The normalized spacial score (nSPS) is 17.5. The molecule has 0 aliphatic heterocycles. The molecule has 1 fully saturated rings. The van der Waals surface area contributed by atoms with Crippen molar-refractivity contribution in [1.82, 2.24) is 0 Å². The number of hydrogen-bond donors (Lipinski definition) is 1. The zero-order valence-electron chi connectivity index (χ0n) is 11.8. The van der Waals surface area contributed by atoms with Gasteiger partial charge in [-0.1, -0.05) is 19.3 Å². The first kappa shape index (κ1) is 16.0. The maximum absolute atomic E-state index is 13.8. The Labute approximate surface area is 126 Å². The lowest BCUT2D eigenvalue weighted by Gasteiger charge is -2.36. The molecule has 1 aliphatic rings. The Balaban J connectivity index is 2.14. The summed E-state index contributed by atoms with van der Waals surface area (Å²) in [5, 5.41) is 13.4. The predicted octanol–water partition coefficient (Wildman–Crippen LogP) is 4.35. The SMILES string of the molecule is CSC1(CNc2c(F)cc([N+](=O)[O-])cc2F)CCCCC1. The van der Waals surface area contributed by atoms with Gasteiger partial charge in [0.25, 0.3) is 5.69 Å². The Morgan fingerprint density at radius 2 is 1.86 bits per heavy atom. The standard InChI is InChI=1S/C14H18F2N2O2S/c1-21-14(5-3-2-4-6-14)9-17-13-11(15)7-10(18(19)20)8-12(13)16/h7-8,17H,2-6,9H2,1H3. The van der Waals surface area contributed by atoms with E-state index in [9.17, 15) is 18.9 Å². The summed E-state index contributed by atoms with van der Waals surface area (Å²) in [7, 11) is 0. The second-order valence-corrected chi connectivity index (χ2v) is 6.62. The molecule has 0 radical (unpaired) electrons. The Kier molecular flexibility index (Phi) is 5.03. The Morgan fingerprint density at radius 1 is 1.29 bits per heavy atom. The van der Waals surface area contributed by atoms with E-state index in [0.29, 0.717) is 6.54 Å². The molecule has 0 spiro atoms. The highest BCUT2D eigenvalue weighted by atomic mass is 32.2. The van der Waals surface area contributed by atoms with Crippen LogP contribution in [0.2, 0.25) is 0 Å². The number of non-ortho nitro benzene ring substituents is 1. The molecule has 21 heavy (non-hydrogen) atoms. The van der Waals surface area contributed by atoms with Crippen LogP contribution in [0.1, 0.15) is 32.1 Å². The van der Waals surface area contributed by atoms with E-state index < -0.39 is 22.2 Å². The van der Waals surface area contributed by atoms with Crippen LogP contribution >= 0.6 is 11.8 Å². The summed E-state index contributed by atoms with van der Waals surface area (Å²) in [6, 6.07) is 1.50. The van der Waals surface area contributed by atoms with Crippen LogP contribution in [0.5, 0.6) is 0 Å². The average Bonchev–Trinajstić information content (AvgIpc) is 2.47. The van der Waals surface area contributed by atoms with Crippen molar-refractivity contribution in [2.75, 3.05) is 18.1 Å². The number of halogens is 2. The van der Waals surface area contributed by atoms with Crippen LogP contribution < -0.4 is 5.32 Å². The molecule has 0 amide bonds. The molecule has 2 rings (SSSR count). The summed E-state index contributed by atoms with van der Waals surface area (Å²) in [5.74, 6) is -1.84. The van der Waals surface area contributed by atoms with Crippen molar-refractivity contribution >= 4 is 23.1 Å². The second-order valence-electron chi connectivity index (χ2n) is 5.34. The molecule has 0 atom stereocenters. The van der Waals surface area contributed by atoms with E-state index in [4.69, 9.17) is 0 Å². The third-order valence-corrected chi connectivity index (χ3v) is 5.44. The first-order valence-corrected chi connectivity index (χ1v) is 8.12. The van der Waals surface area contributed by atoms with Crippen LogP contribution in [-0.2, 0) is 0 Å². The Hall–Kier alpha value is -1.37. The lowest BCUT2D eigenvalue weighted by atomic mass is 9.88. The highest BCUT2D eigenvalue weighted by Gasteiger charge is 2.31. The summed E-state index contributed by atoms with van der Waals surface area (Å²) in [4.78, 5) is 9.76. The first-order valence-electron chi connectivity index (χ1n) is 6.90. The highest BCUT2D eigenvalue weighted by Crippen LogP contribution is 2.39. The summed E-state index contributed by atoms with van der Waals surface area (Å²) in [6.07, 6.45) is 7.47. The molecule has 0 unspecified atom stereocenters. The molecule has 1 aromatic rings. The van der Waals surface area contributed by atoms with E-state index >= 15 is 0 Å². The Bertz CT molecular complexity index is 511. The number of anilines is 1. The van der Waals surface area contributed by atoms with Crippen LogP contribution in [0.25, 0.3) is 0 Å². The van der Waals surface area contributed by atoms with Crippen molar-refractivity contribution in [3.05, 3.63) is 33.9 Å². The minimum absolute atomic E-state index is 0.0150. The molecule has 0 saturated heterocycles. The lowest BCUT2D eigenvalue weighted by Crippen LogP contribution is -2.35. The van der Waals surface area contributed by atoms with Gasteiger partial charge < -0.3 is 5.32 Å². The fraction of sp³-hybridized carbons (Fsp3) is 0.571. The summed E-state index contributed by atoms with van der Waals surface area (Å²) in [6.45, 7) is 0.458. The summed E-state index contributed by atoms with van der Waals surface area (Å²) in [5.41, 5.74) is -0.854. The maximum atomic E-state index is 13.8. The van der Waals surface area contributed by atoms with E-state index in [1.54, 1.807) is 11.8 Å². The van der Waals surface area contributed by atoms with Crippen molar-refractivity contribution < 1.29 is 13.7 Å². The number of nitrogens with one attached hydrogen (secondary N) is 1. The molecule has 1 aliphatic carbocycles. The van der Waals surface area contributed by atoms with Crippen LogP contribution in [0, 0.1) is 21.7 Å². The summed E-state index contributed by atoms with van der Waals surface area (Å²) < 4.78 is 27.7. The number of nitro benzene ring substituents is 1. The number of thioether (sulfide) groups is 1. The first-order chi connectivity index (χ1) is 9.97. The average molecular weight is 316 g/mol. The van der Waals surface area contributed by atoms with Gasteiger partial charge in [-0.15, -0.1) is 0 Å². The van der Waals surface area contributed by atoms with Gasteiger partial charge >= 0.3 is 0 Å². The van der Waals surface area contributed by atoms with E-state index in [1.807, 2.05) is 6.26 Å². The van der Waals surface area contributed by atoms with Crippen LogP contribution in [0.15, 0.2) is 12.1 Å². The number of rotatable bonds is 5. The Morgan fingerprint density at radius 3 is 2.33 bits per heavy atom. The van der Waals surface area contributed by atoms with Crippen LogP contribution in [-0.4, -0.2) is 22.5 Å². The third kappa shape index (κ3) is 3.64. The van der Waals surface area contributed by atoms with Crippen LogP contribution in [0.4, 0.5) is 20.2 Å². The molecule has 7 heteroatoms. The monoisotopic (exact) mass is 316 g/mol. The zero-order valence-corrected chi connectivity index (χ0v) is 12.6. The largest absolute Gasteiger partial charge is 0.379 e. The van der Waals surface area contributed by atoms with Gasteiger partial charge in [0, 0.05) is 11.3 Å². The smallest absolute Gasteiger partial charge is 0.275 e. The van der Waals surface area contributed by atoms with Crippen molar-refractivity contribution in [3.63, 3.8) is 0 Å². The van der Waals surface area contributed by atoms with E-state index in [-0.39, 0.29) is 10.4 Å². The lowest BCUT2D eigenvalue weighted by molar-refractivity contribution is -0.385. The van der Waals surface area contributed by atoms with Gasteiger partial charge in [-0.3, -0.25) is 10.1 Å². The third-order valence-electron chi connectivity index (χ3n) is 4.02. The molecule has 4 nitrogen and oxygen atoms in total. The molecule has 0 bridgehead atoms. The molecule has 1 N–H and O–H groups in total. The predicted molar refractivity (Wildman–Crippen MR) is 80.8 cm³/mol. The van der Waals surface area contributed by atoms with Crippen molar-refractivity contribution in [3.8, 4) is 0 Å². The quantitative estimate of drug-likeness (QED) is 0.648. The minimum atomic E-state index is -0.922. The number of hydrogen-bond acceptors (Lipinski definition) is 4. The van der Waals surface area contributed by atoms with Gasteiger partial charge in [-0.2, -0.15) is 11.8 Å². The summed E-state index contributed by atoms with van der Waals surface area (Å²) >= 11 is 1.72. The zero-order chi connectivity index (χ0) is 15.5. The van der Waals surface area contributed by atoms with Crippen molar-refractivity contribution in [1.29, 1.82) is 0 Å². The molecular formula is C14H18F2N2O2S. The maximum Gasteiger partial charge on any atom is 0.275 e. The van der Waals surface area contributed by atoms with Crippen molar-refractivity contribution in [2.24, 2.45) is 0 Å². The molecule has 0 heterocycles. The van der Waals surface area contributed by atoms with Gasteiger partial charge in [-0.05, 0) is 19.1 Å². The highest BCUT2D eigenvalue weighted by molar-refractivity contribution is 8.00. The number of nitro groups is 1. The van der Waals surface area contributed by atoms with Gasteiger partial charge in [-0.25, -0.2) is 8.78 Å². The van der Waals surface area contributed by atoms with Gasteiger partial charge in [0.2, 0.25) is 0 Å². The second kappa shape index (κ2) is 6.60. The van der Waals surface area contributed by atoms with Gasteiger partial charge in [0.1, 0.15) is 5.69 Å². The van der Waals surface area contributed by atoms with E-state index in [1.165, 1.54) is 6.42 Å². The van der Waals surface area contributed by atoms with E-state index in [0.717, 1.165) is 37.8 Å². The number of benzene rings is 1. The molecule has 116 valence electrons. The van der Waals surface area contributed by atoms with Crippen molar-refractivity contribution in [2.45, 2.75) is 36.9 Å². The van der Waals surface area contributed by atoms with Crippen LogP contribution in [0.3, 0.4) is 0 Å². The molecular weight excluding hydrogens is 298 g/mol. The topological polar surface area (TPSA) is 55.2 Å². The van der Waals surface area contributed by atoms with Gasteiger partial charge in [0.15, 0.2) is 11.6 Å². The molecule has 1 saturated carbocycles. The fourth-order valence-corrected chi connectivity index (χ4v) is 3.65. The molecule has 0 aromatic heterocycles. The van der Waals surface area contributed by atoms with Gasteiger partial charge in [0.05, 0.1) is 17.1 Å². The fourth-order valence-electron chi connectivity index (χ4n) is 2.73. The minimum Gasteiger partial charge on any atom is -0.379 e.